The van der Waals surface area contributed by atoms with Crippen LogP contribution >= 0.6 is 0 Å². The van der Waals surface area contributed by atoms with E-state index in [9.17, 15) is 0 Å². The van der Waals surface area contributed by atoms with Gasteiger partial charge in [-0.1, -0.05) is 0 Å². The molecule has 4 heavy (non-hydrogen) atoms. The molecule has 0 saturated carbocycles. The van der Waals surface area contributed by atoms with Crippen LogP contribution in [0.1, 0.15) is 0 Å². The fourth-order valence-corrected chi connectivity index (χ4v) is 0. The van der Waals surface area contributed by atoms with Crippen molar-refractivity contribution in [1.82, 2.24) is 0 Å². The van der Waals surface area contributed by atoms with Crippen LogP contribution in [0.5, 0.6) is 0 Å². The van der Waals surface area contributed by atoms with Gasteiger partial charge in [0.2, 0.25) is 0 Å². The van der Waals surface area contributed by atoms with E-state index in [0.717, 1.165) is 0 Å². The van der Waals surface area contributed by atoms with Crippen LogP contribution < -0.4 is 0 Å². The first-order valence-electron chi connectivity index (χ1n) is 0. The molecule has 0 amide bonds. The van der Waals surface area contributed by atoms with Gasteiger partial charge in [0.05, 0.1) is 0 Å². The van der Waals surface area contributed by atoms with E-state index in [1.54, 1.807) is 0 Å². The second-order valence-electron chi connectivity index (χ2n) is 0. The summed E-state index contributed by atoms with van der Waals surface area (Å²) in [6.45, 7) is 0. The van der Waals surface area contributed by atoms with Crippen molar-refractivity contribution in [3.8, 4) is 0 Å². The molecule has 0 unspecified atom stereocenters. The molecule has 0 saturated heterocycles. The first-order chi connectivity index (χ1) is 0. The van der Waals surface area contributed by atoms with Crippen LogP contribution in [0.4, 0.5) is 0 Å². The van der Waals surface area contributed by atoms with Crippen LogP contribution in [-0.2, 0) is 38.1 Å². The Kier molecular flexibility index (Phi) is 145. The SMILES string of the molecule is O.[CaH2].[Fe].[Mo]. The second kappa shape index (κ2) is 18.1. The average molecular weight is 212 g/mol. The number of rotatable bonds is 0. The Labute approximate surface area is 79.9 Å². The maximum atomic E-state index is 0. The summed E-state index contributed by atoms with van der Waals surface area (Å²) in [7, 11) is 0. The number of hydrogen-bond acceptors (Lipinski definition) is 0. The van der Waals surface area contributed by atoms with E-state index in [2.05, 4.69) is 0 Å². The van der Waals surface area contributed by atoms with Gasteiger partial charge in [0.15, 0.2) is 0 Å². The molecule has 0 aromatic carbocycles. The first kappa shape index (κ1) is 32.1. The smallest absolute Gasteiger partial charge is 0 e. The molecule has 0 aliphatic rings. The molecule has 0 aromatic rings. The molecule has 0 aliphatic carbocycles. The van der Waals surface area contributed by atoms with Crippen molar-refractivity contribution in [2.24, 2.45) is 0 Å². The molecule has 2 N–H and O–H groups in total. The van der Waals surface area contributed by atoms with Gasteiger partial charge in [-0.25, -0.2) is 0 Å². The molecular weight excluding hydrogens is 208 g/mol. The predicted octanol–water partition coefficient (Wildman–Crippen LogP) is -1.75. The molecule has 0 fully saturated rings. The van der Waals surface area contributed by atoms with E-state index in [1.165, 1.54) is 0 Å². The zero-order valence-electron chi connectivity index (χ0n) is 1.26. The fraction of sp³-hybridized carbons (Fsp3) is 0. The quantitative estimate of drug-likeness (QED) is 0.426. The van der Waals surface area contributed by atoms with Crippen molar-refractivity contribution in [3.05, 3.63) is 0 Å². The summed E-state index contributed by atoms with van der Waals surface area (Å²) >= 11 is 0. The van der Waals surface area contributed by atoms with Crippen LogP contribution in [0.25, 0.3) is 0 Å². The third-order valence-electron chi connectivity index (χ3n) is 0. The Morgan fingerprint density at radius 2 is 1.00 bits per heavy atom. The van der Waals surface area contributed by atoms with E-state index < -0.39 is 0 Å². The van der Waals surface area contributed by atoms with E-state index in [0.29, 0.717) is 0 Å². The molecule has 1 nitrogen and oxygen atoms in total. The van der Waals surface area contributed by atoms with Crippen LogP contribution in [0, 0.1) is 0 Å². The van der Waals surface area contributed by atoms with Gasteiger partial charge in [-0.05, 0) is 0 Å². The molecule has 0 atom stereocenters. The maximum absolute atomic E-state index is 0. The van der Waals surface area contributed by atoms with Crippen LogP contribution in [0.3, 0.4) is 0 Å². The molecule has 0 radical (unpaired) electrons. The van der Waals surface area contributed by atoms with Gasteiger partial charge < -0.3 is 5.48 Å². The van der Waals surface area contributed by atoms with Crippen molar-refractivity contribution < 1.29 is 43.6 Å². The summed E-state index contributed by atoms with van der Waals surface area (Å²) in [4.78, 5) is 0. The fourth-order valence-electron chi connectivity index (χ4n) is 0. The minimum absolute atomic E-state index is 0. The molecule has 0 heterocycles. The predicted molar refractivity (Wildman–Crippen MR) is 12.2 cm³/mol. The van der Waals surface area contributed by atoms with Crippen LogP contribution in [-0.4, -0.2) is 43.2 Å². The van der Waals surface area contributed by atoms with Gasteiger partial charge in [0, 0.05) is 38.1 Å². The third-order valence-corrected chi connectivity index (χ3v) is 0. The van der Waals surface area contributed by atoms with Gasteiger partial charge in [-0.15, -0.1) is 0 Å². The van der Waals surface area contributed by atoms with Gasteiger partial charge in [0.1, 0.15) is 0 Å². The summed E-state index contributed by atoms with van der Waals surface area (Å²) in [5.41, 5.74) is 0. The van der Waals surface area contributed by atoms with Crippen molar-refractivity contribution >= 4 is 37.7 Å². The molecule has 0 spiro atoms. The minimum Gasteiger partial charge on any atom is 0 e. The summed E-state index contributed by atoms with van der Waals surface area (Å²) in [6.07, 6.45) is 0. The monoisotopic (exact) mass is 214 g/mol. The normalized spacial score (nSPS) is 0. The number of hydrogen-bond donors (Lipinski definition) is 0. The Morgan fingerprint density at radius 3 is 1.00 bits per heavy atom. The molecule has 0 aromatic heterocycles. The second-order valence-corrected chi connectivity index (χ2v) is 0. The minimum atomic E-state index is 0. The summed E-state index contributed by atoms with van der Waals surface area (Å²) in [6, 6.07) is 0. The molecular formula is H4CaFeMoO. The summed E-state index contributed by atoms with van der Waals surface area (Å²) in [5, 5.41) is 0. The molecule has 0 aliphatic heterocycles. The van der Waals surface area contributed by atoms with Crippen molar-refractivity contribution in [1.29, 1.82) is 0 Å². The van der Waals surface area contributed by atoms with Crippen molar-refractivity contribution in [2.45, 2.75) is 0 Å². The van der Waals surface area contributed by atoms with E-state index in [1.807, 2.05) is 0 Å². The van der Waals surface area contributed by atoms with Crippen molar-refractivity contribution in [3.63, 3.8) is 0 Å². The summed E-state index contributed by atoms with van der Waals surface area (Å²) in [5.74, 6) is 0. The molecule has 0 bridgehead atoms. The summed E-state index contributed by atoms with van der Waals surface area (Å²) < 4.78 is 0. The topological polar surface area (TPSA) is 31.5 Å². The van der Waals surface area contributed by atoms with Crippen LogP contribution in [0.2, 0.25) is 0 Å². The van der Waals surface area contributed by atoms with Gasteiger partial charge in [-0.3, -0.25) is 0 Å². The van der Waals surface area contributed by atoms with E-state index in [4.69, 9.17) is 0 Å². The zero-order chi connectivity index (χ0) is 0. The zero-order valence-corrected chi connectivity index (χ0v) is 4.37. The van der Waals surface area contributed by atoms with Crippen LogP contribution in [0.15, 0.2) is 0 Å². The molecule has 4 heteroatoms. The Bertz CT molecular complexity index is 8.00. The Hall–Kier alpha value is 2.43. The van der Waals surface area contributed by atoms with Gasteiger partial charge in [-0.2, -0.15) is 0 Å². The average Bonchev–Trinajstić information content (AvgIpc) is 0. The van der Waals surface area contributed by atoms with Gasteiger partial charge in [0.25, 0.3) is 0 Å². The van der Waals surface area contributed by atoms with E-state index >= 15 is 0 Å². The van der Waals surface area contributed by atoms with Crippen molar-refractivity contribution in [2.75, 3.05) is 0 Å². The first-order valence-corrected chi connectivity index (χ1v) is 0. The largest absolute Gasteiger partial charge is 0 e. The Balaban J connectivity index is 0. The Morgan fingerprint density at radius 1 is 1.00 bits per heavy atom. The maximum Gasteiger partial charge on any atom is 0 e. The van der Waals surface area contributed by atoms with E-state index in [-0.39, 0.29) is 81.3 Å². The third kappa shape index (κ3) is 8.83. The molecule has 26 valence electrons. The molecule has 0 rings (SSSR count). The standard InChI is InChI=1S/Ca.Fe.Mo.H2O.2H/h;;;1H2;;. The van der Waals surface area contributed by atoms with Gasteiger partial charge >= 0.3 is 37.7 Å².